The molecule has 2 heterocycles. The molecule has 0 fully saturated rings. The van der Waals surface area contributed by atoms with Gasteiger partial charge in [0.2, 0.25) is 4.96 Å². The average molecular weight is 167 g/mol. The normalized spacial score (nSPS) is 10.6. The first-order valence-corrected chi connectivity index (χ1v) is 3.96. The highest BCUT2D eigenvalue weighted by Crippen LogP contribution is 2.03. The summed E-state index contributed by atoms with van der Waals surface area (Å²) in [4.78, 5) is 15.4. The summed E-state index contributed by atoms with van der Waals surface area (Å²) in [5, 5.41) is 5.83. The van der Waals surface area contributed by atoms with Crippen LogP contribution in [0.5, 0.6) is 0 Å². The predicted molar refractivity (Wildman–Crippen MR) is 41.9 cm³/mol. The summed E-state index contributed by atoms with van der Waals surface area (Å²) < 4.78 is 1.60. The summed E-state index contributed by atoms with van der Waals surface area (Å²) in [6, 6.07) is 0. The Morgan fingerprint density at radius 3 is 3.27 bits per heavy atom. The first-order valence-electron chi connectivity index (χ1n) is 3.08. The van der Waals surface area contributed by atoms with Crippen LogP contribution in [-0.2, 0) is 0 Å². The van der Waals surface area contributed by atoms with Gasteiger partial charge in [0.25, 0.3) is 5.56 Å². The molecule has 11 heavy (non-hydrogen) atoms. The van der Waals surface area contributed by atoms with E-state index in [-0.39, 0.29) is 5.56 Å². The van der Waals surface area contributed by atoms with Crippen LogP contribution < -0.4 is 5.56 Å². The first-order chi connectivity index (χ1) is 5.27. The molecule has 0 unspecified atom stereocenters. The molecule has 0 aliphatic rings. The van der Waals surface area contributed by atoms with Crippen LogP contribution in [0, 0.1) is 6.92 Å². The van der Waals surface area contributed by atoms with E-state index in [1.807, 2.05) is 5.38 Å². The zero-order valence-electron chi connectivity index (χ0n) is 5.81. The van der Waals surface area contributed by atoms with Gasteiger partial charge in [0, 0.05) is 11.6 Å². The van der Waals surface area contributed by atoms with Crippen molar-refractivity contribution in [2.75, 3.05) is 0 Å². The van der Waals surface area contributed by atoms with Crippen molar-refractivity contribution in [2.24, 2.45) is 0 Å². The predicted octanol–water partition coefficient (Wildman–Crippen LogP) is 0.459. The molecule has 0 amide bonds. The van der Waals surface area contributed by atoms with Crippen molar-refractivity contribution in [2.45, 2.75) is 6.92 Å². The number of thiazole rings is 1. The molecule has 0 aliphatic carbocycles. The van der Waals surface area contributed by atoms with Crippen molar-refractivity contribution in [3.63, 3.8) is 0 Å². The van der Waals surface area contributed by atoms with E-state index in [4.69, 9.17) is 0 Å². The standard InChI is InChI=1S/C6H5N3OS/c1-4-5(10)7-6-9(8-4)2-3-11-6/h2-3H,1H3. The van der Waals surface area contributed by atoms with Gasteiger partial charge in [-0.05, 0) is 6.92 Å². The third-order valence-electron chi connectivity index (χ3n) is 1.34. The van der Waals surface area contributed by atoms with Crippen LogP contribution in [0.1, 0.15) is 5.69 Å². The Kier molecular flexibility index (Phi) is 1.25. The van der Waals surface area contributed by atoms with E-state index in [2.05, 4.69) is 10.1 Å². The number of fused-ring (bicyclic) bond motifs is 1. The van der Waals surface area contributed by atoms with E-state index in [1.54, 1.807) is 17.6 Å². The minimum atomic E-state index is -0.243. The molecule has 0 radical (unpaired) electrons. The Morgan fingerprint density at radius 2 is 2.45 bits per heavy atom. The maximum atomic E-state index is 11.0. The molecule has 2 aromatic heterocycles. The summed E-state index contributed by atoms with van der Waals surface area (Å²) in [5.74, 6) is 0. The van der Waals surface area contributed by atoms with Crippen LogP contribution in [0.2, 0.25) is 0 Å². The largest absolute Gasteiger partial charge is 0.295 e. The molecule has 0 atom stereocenters. The van der Waals surface area contributed by atoms with E-state index in [1.165, 1.54) is 11.3 Å². The SMILES string of the molecule is Cc1nn2ccsc2nc1=O. The molecule has 2 aromatic rings. The molecule has 5 heteroatoms. The maximum Gasteiger partial charge on any atom is 0.295 e. The highest BCUT2D eigenvalue weighted by molar-refractivity contribution is 7.15. The Labute approximate surface area is 66.1 Å². The zero-order valence-corrected chi connectivity index (χ0v) is 6.63. The molecule has 0 saturated heterocycles. The topological polar surface area (TPSA) is 47.3 Å². The quantitative estimate of drug-likeness (QED) is 0.572. The Morgan fingerprint density at radius 1 is 1.64 bits per heavy atom. The van der Waals surface area contributed by atoms with Gasteiger partial charge in [-0.25, -0.2) is 4.52 Å². The molecule has 0 aromatic carbocycles. The Balaban J connectivity index is 2.97. The van der Waals surface area contributed by atoms with Gasteiger partial charge in [-0.15, -0.1) is 11.3 Å². The van der Waals surface area contributed by atoms with Crippen LogP contribution >= 0.6 is 11.3 Å². The number of nitrogens with zero attached hydrogens (tertiary/aromatic N) is 3. The van der Waals surface area contributed by atoms with Crippen LogP contribution in [0.3, 0.4) is 0 Å². The second-order valence-electron chi connectivity index (χ2n) is 2.13. The number of aromatic nitrogens is 3. The van der Waals surface area contributed by atoms with E-state index in [0.29, 0.717) is 10.7 Å². The minimum absolute atomic E-state index is 0.243. The van der Waals surface area contributed by atoms with Gasteiger partial charge in [-0.3, -0.25) is 4.79 Å². The average Bonchev–Trinajstić information content (AvgIpc) is 2.36. The fourth-order valence-electron chi connectivity index (χ4n) is 0.793. The van der Waals surface area contributed by atoms with Crippen LogP contribution in [0.25, 0.3) is 4.96 Å². The molecule has 4 nitrogen and oxygen atoms in total. The van der Waals surface area contributed by atoms with Crippen LogP contribution in [0.4, 0.5) is 0 Å². The van der Waals surface area contributed by atoms with Gasteiger partial charge in [-0.1, -0.05) is 0 Å². The number of hydrogen-bond acceptors (Lipinski definition) is 4. The lowest BCUT2D eigenvalue weighted by molar-refractivity contribution is 0.861. The zero-order chi connectivity index (χ0) is 7.84. The second-order valence-corrected chi connectivity index (χ2v) is 3.01. The van der Waals surface area contributed by atoms with Crippen molar-refractivity contribution in [3.05, 3.63) is 27.6 Å². The lowest BCUT2D eigenvalue weighted by Crippen LogP contribution is -2.13. The van der Waals surface area contributed by atoms with Crippen molar-refractivity contribution in [3.8, 4) is 0 Å². The van der Waals surface area contributed by atoms with Gasteiger partial charge in [0.15, 0.2) is 0 Å². The number of aryl methyl sites for hydroxylation is 1. The Bertz CT molecular complexity index is 444. The van der Waals surface area contributed by atoms with E-state index in [9.17, 15) is 4.79 Å². The van der Waals surface area contributed by atoms with Crippen molar-refractivity contribution >= 4 is 16.3 Å². The molecule has 0 saturated carbocycles. The summed E-state index contributed by atoms with van der Waals surface area (Å²) in [5.41, 5.74) is 0.188. The molecule has 0 N–H and O–H groups in total. The van der Waals surface area contributed by atoms with Crippen molar-refractivity contribution in [1.82, 2.24) is 14.6 Å². The molecule has 0 bridgehead atoms. The summed E-state index contributed by atoms with van der Waals surface area (Å²) in [6.07, 6.45) is 1.78. The maximum absolute atomic E-state index is 11.0. The van der Waals surface area contributed by atoms with Crippen LogP contribution in [-0.4, -0.2) is 14.6 Å². The monoisotopic (exact) mass is 167 g/mol. The minimum Gasteiger partial charge on any atom is -0.265 e. The molecular formula is C6H5N3OS. The van der Waals surface area contributed by atoms with Gasteiger partial charge < -0.3 is 0 Å². The summed E-state index contributed by atoms with van der Waals surface area (Å²) in [6.45, 7) is 1.65. The Hall–Kier alpha value is -1.23. The van der Waals surface area contributed by atoms with Crippen LogP contribution in [0.15, 0.2) is 16.4 Å². The van der Waals surface area contributed by atoms with E-state index in [0.717, 1.165) is 0 Å². The lowest BCUT2D eigenvalue weighted by atomic mass is 10.5. The lowest BCUT2D eigenvalue weighted by Gasteiger charge is -1.90. The van der Waals surface area contributed by atoms with Gasteiger partial charge in [0.1, 0.15) is 5.69 Å². The third-order valence-corrected chi connectivity index (χ3v) is 2.08. The summed E-state index contributed by atoms with van der Waals surface area (Å²) >= 11 is 1.40. The molecule has 0 spiro atoms. The van der Waals surface area contributed by atoms with Gasteiger partial charge in [-0.2, -0.15) is 10.1 Å². The fraction of sp³-hybridized carbons (Fsp3) is 0.167. The first kappa shape index (κ1) is 6.48. The molecule has 56 valence electrons. The van der Waals surface area contributed by atoms with Crippen molar-refractivity contribution < 1.29 is 0 Å². The number of rotatable bonds is 0. The highest BCUT2D eigenvalue weighted by atomic mass is 32.1. The van der Waals surface area contributed by atoms with Gasteiger partial charge in [0.05, 0.1) is 0 Å². The number of hydrogen-bond donors (Lipinski definition) is 0. The second kappa shape index (κ2) is 2.13. The van der Waals surface area contributed by atoms with Gasteiger partial charge >= 0.3 is 0 Å². The fourth-order valence-corrected chi connectivity index (χ4v) is 1.44. The smallest absolute Gasteiger partial charge is 0.265 e. The van der Waals surface area contributed by atoms with E-state index < -0.39 is 0 Å². The molecule has 2 rings (SSSR count). The molecule has 0 aliphatic heterocycles. The third kappa shape index (κ3) is 0.932. The van der Waals surface area contributed by atoms with E-state index >= 15 is 0 Å². The highest BCUT2D eigenvalue weighted by Gasteiger charge is 1.99. The molecular weight excluding hydrogens is 162 g/mol. The summed E-state index contributed by atoms with van der Waals surface area (Å²) in [7, 11) is 0. The van der Waals surface area contributed by atoms with Crippen molar-refractivity contribution in [1.29, 1.82) is 0 Å².